The molecule has 0 spiro atoms. The molecule has 0 aliphatic heterocycles. The van der Waals surface area contributed by atoms with Crippen LogP contribution in [0.1, 0.15) is 11.3 Å². The Bertz CT molecular complexity index is 791. The lowest BCUT2D eigenvalue weighted by molar-refractivity contribution is 0.305. The van der Waals surface area contributed by atoms with E-state index in [1.807, 2.05) is 0 Å². The van der Waals surface area contributed by atoms with Crippen LogP contribution in [0.15, 0.2) is 35.4 Å². The summed E-state index contributed by atoms with van der Waals surface area (Å²) in [5, 5.41) is 8.72. The molecule has 0 unspecified atom stereocenters. The van der Waals surface area contributed by atoms with E-state index < -0.39 is 20.7 Å². The molecule has 0 fully saturated rings. The highest BCUT2D eigenvalue weighted by atomic mass is 32.2. The lowest BCUT2D eigenvalue weighted by atomic mass is 10.4. The summed E-state index contributed by atoms with van der Waals surface area (Å²) in [5.41, 5.74) is 0. The number of hydrogen-bond acceptors (Lipinski definition) is 5. The monoisotopic (exact) mass is 326 g/mol. The van der Waals surface area contributed by atoms with Crippen LogP contribution < -0.4 is 4.72 Å². The Morgan fingerprint density at radius 3 is 2.86 bits per heavy atom. The van der Waals surface area contributed by atoms with Gasteiger partial charge in [-0.15, -0.1) is 0 Å². The Hall–Kier alpha value is -1.95. The van der Waals surface area contributed by atoms with Crippen molar-refractivity contribution in [2.45, 2.75) is 11.3 Å². The number of thiazole rings is 1. The van der Waals surface area contributed by atoms with Crippen molar-refractivity contribution >= 4 is 26.5 Å². The van der Waals surface area contributed by atoms with Crippen LogP contribution in [0.3, 0.4) is 0 Å². The molecule has 0 radical (unpaired) electrons. The lowest BCUT2D eigenvalue weighted by Crippen LogP contribution is -2.14. The van der Waals surface area contributed by atoms with Crippen molar-refractivity contribution in [3.8, 4) is 11.8 Å². The highest BCUT2D eigenvalue weighted by Gasteiger charge is 2.19. The number of aliphatic hydroxyl groups is 1. The van der Waals surface area contributed by atoms with Crippen LogP contribution in [0.5, 0.6) is 0 Å². The molecule has 0 bridgehead atoms. The van der Waals surface area contributed by atoms with Crippen molar-refractivity contribution in [3.63, 3.8) is 0 Å². The third kappa shape index (κ3) is 4.01. The van der Waals surface area contributed by atoms with Crippen LogP contribution in [0, 0.1) is 17.7 Å². The maximum atomic E-state index is 13.5. The zero-order valence-electron chi connectivity index (χ0n) is 10.7. The fourth-order valence-electron chi connectivity index (χ4n) is 1.42. The molecule has 1 aromatic carbocycles. The number of nitrogens with one attached hydrogen (secondary N) is 1. The summed E-state index contributed by atoms with van der Waals surface area (Å²) in [6.45, 7) is -0.0431. The topological polar surface area (TPSA) is 79.3 Å². The zero-order valence-corrected chi connectivity index (χ0v) is 12.3. The van der Waals surface area contributed by atoms with Crippen LogP contribution in [-0.4, -0.2) is 25.1 Å². The van der Waals surface area contributed by atoms with Crippen LogP contribution >= 0.6 is 11.3 Å². The first kappa shape index (κ1) is 15.4. The predicted molar refractivity (Wildman–Crippen MR) is 77.9 cm³/mol. The van der Waals surface area contributed by atoms with E-state index in [0.29, 0.717) is 11.3 Å². The number of sulfonamides is 1. The molecule has 2 aromatic rings. The van der Waals surface area contributed by atoms with Crippen LogP contribution in [0.25, 0.3) is 0 Å². The van der Waals surface area contributed by atoms with Crippen LogP contribution in [-0.2, 0) is 10.0 Å². The maximum Gasteiger partial charge on any atom is 0.266 e. The number of rotatable bonds is 4. The molecule has 0 saturated heterocycles. The summed E-state index contributed by atoms with van der Waals surface area (Å²) in [4.78, 5) is 3.99. The Labute approximate surface area is 125 Å². The van der Waals surface area contributed by atoms with Gasteiger partial charge in [-0.3, -0.25) is 4.72 Å². The largest absolute Gasteiger partial charge is 0.395 e. The third-order valence-electron chi connectivity index (χ3n) is 2.30. The minimum atomic E-state index is -4.02. The van der Waals surface area contributed by atoms with Crippen molar-refractivity contribution < 1.29 is 17.9 Å². The molecule has 1 heterocycles. The van der Waals surface area contributed by atoms with Gasteiger partial charge in [-0.2, -0.15) is 0 Å². The van der Waals surface area contributed by atoms with Gasteiger partial charge in [0, 0.05) is 6.42 Å². The van der Waals surface area contributed by atoms with Gasteiger partial charge in [0.2, 0.25) is 0 Å². The average Bonchev–Trinajstić information content (AvgIpc) is 2.86. The van der Waals surface area contributed by atoms with E-state index in [2.05, 4.69) is 21.5 Å². The van der Waals surface area contributed by atoms with E-state index in [9.17, 15) is 12.8 Å². The van der Waals surface area contributed by atoms with Gasteiger partial charge in [0.05, 0.1) is 17.7 Å². The fourth-order valence-corrected chi connectivity index (χ4v) is 3.43. The number of benzene rings is 1. The van der Waals surface area contributed by atoms with Crippen molar-refractivity contribution in [3.05, 3.63) is 41.2 Å². The summed E-state index contributed by atoms with van der Waals surface area (Å²) in [6, 6.07) is 5.09. The molecule has 8 heteroatoms. The van der Waals surface area contributed by atoms with Gasteiger partial charge in [0.1, 0.15) is 10.7 Å². The molecule has 0 aliphatic rings. The van der Waals surface area contributed by atoms with Crippen molar-refractivity contribution in [1.29, 1.82) is 0 Å². The molecule has 0 aliphatic carbocycles. The highest BCUT2D eigenvalue weighted by molar-refractivity contribution is 7.93. The maximum absolute atomic E-state index is 13.5. The normalized spacial score (nSPS) is 10.8. The quantitative estimate of drug-likeness (QED) is 0.840. The van der Waals surface area contributed by atoms with E-state index in [1.54, 1.807) is 0 Å². The summed E-state index contributed by atoms with van der Waals surface area (Å²) in [7, 11) is -4.02. The lowest BCUT2D eigenvalue weighted by Gasteiger charge is -2.05. The Balaban J connectivity index is 2.19. The van der Waals surface area contributed by atoms with Gasteiger partial charge in [0.15, 0.2) is 5.13 Å². The minimum absolute atomic E-state index is 0.0431. The minimum Gasteiger partial charge on any atom is -0.395 e. The van der Waals surface area contributed by atoms with Crippen molar-refractivity contribution in [2.75, 3.05) is 11.3 Å². The Morgan fingerprint density at radius 2 is 2.14 bits per heavy atom. The van der Waals surface area contributed by atoms with Crippen LogP contribution in [0.2, 0.25) is 0 Å². The predicted octanol–water partition coefficient (Wildman–Crippen LogP) is 1.82. The molecule has 1 aromatic heterocycles. The zero-order chi connectivity index (χ0) is 15.3. The molecule has 0 amide bonds. The Morgan fingerprint density at radius 1 is 1.38 bits per heavy atom. The fraction of sp³-hybridized carbons (Fsp3) is 0.154. The van der Waals surface area contributed by atoms with E-state index in [4.69, 9.17) is 5.11 Å². The van der Waals surface area contributed by atoms with Gasteiger partial charge >= 0.3 is 0 Å². The molecule has 5 nitrogen and oxygen atoms in total. The molecule has 2 rings (SSSR count). The van der Waals surface area contributed by atoms with Gasteiger partial charge in [-0.05, 0) is 12.1 Å². The van der Waals surface area contributed by atoms with Crippen molar-refractivity contribution in [1.82, 2.24) is 4.98 Å². The molecule has 2 N–H and O–H groups in total. The second-order valence-electron chi connectivity index (χ2n) is 3.84. The number of aliphatic hydroxyl groups excluding tert-OH is 1. The number of anilines is 1. The van der Waals surface area contributed by atoms with Crippen LogP contribution in [0.4, 0.5) is 9.52 Å². The molecule has 21 heavy (non-hydrogen) atoms. The number of halogens is 1. The van der Waals surface area contributed by atoms with Gasteiger partial charge in [-0.25, -0.2) is 17.8 Å². The van der Waals surface area contributed by atoms with E-state index in [0.717, 1.165) is 17.4 Å². The Kier molecular flexibility index (Phi) is 4.90. The molecular formula is C13H11FN2O3S2. The summed E-state index contributed by atoms with van der Waals surface area (Å²) < 4.78 is 39.8. The molecule has 0 atom stereocenters. The first-order valence-electron chi connectivity index (χ1n) is 5.86. The first-order valence-corrected chi connectivity index (χ1v) is 8.16. The average molecular weight is 326 g/mol. The summed E-state index contributed by atoms with van der Waals surface area (Å²) in [6.07, 6.45) is 1.74. The number of nitrogens with zero attached hydrogens (tertiary/aromatic N) is 1. The summed E-state index contributed by atoms with van der Waals surface area (Å²) >= 11 is 1.03. The first-order chi connectivity index (χ1) is 10.0. The van der Waals surface area contributed by atoms with Crippen molar-refractivity contribution in [2.24, 2.45) is 0 Å². The van der Waals surface area contributed by atoms with Gasteiger partial charge in [-0.1, -0.05) is 35.3 Å². The third-order valence-corrected chi connectivity index (χ3v) is 4.63. The second-order valence-corrected chi connectivity index (χ2v) is 6.52. The standard InChI is InChI=1S/C13H11FN2O3S2/c14-11-6-1-2-7-12(11)21(18,19)16-13-15-9-10(20-13)5-3-4-8-17/h1-2,6-7,9,17H,4,8H2,(H,15,16). The smallest absolute Gasteiger partial charge is 0.266 e. The van der Waals surface area contributed by atoms with Gasteiger partial charge < -0.3 is 5.11 Å². The number of aromatic nitrogens is 1. The second kappa shape index (κ2) is 6.67. The van der Waals surface area contributed by atoms with E-state index >= 15 is 0 Å². The highest BCUT2D eigenvalue weighted by Crippen LogP contribution is 2.22. The SMILES string of the molecule is O=S(=O)(Nc1ncc(C#CCCO)s1)c1ccccc1F. The molecule has 110 valence electrons. The van der Waals surface area contributed by atoms with Gasteiger partial charge in [0.25, 0.3) is 10.0 Å². The number of hydrogen-bond donors (Lipinski definition) is 2. The summed E-state index contributed by atoms with van der Waals surface area (Å²) in [5.74, 6) is 4.61. The molecular weight excluding hydrogens is 315 g/mol. The van der Waals surface area contributed by atoms with E-state index in [1.165, 1.54) is 24.4 Å². The van der Waals surface area contributed by atoms with E-state index in [-0.39, 0.29) is 11.7 Å². The molecule has 0 saturated carbocycles.